The Balaban J connectivity index is 1.40. The molecule has 7 nitrogen and oxygen atoms in total. The van der Waals surface area contributed by atoms with Gasteiger partial charge in [-0.15, -0.1) is 5.10 Å². The van der Waals surface area contributed by atoms with Crippen LogP contribution in [-0.4, -0.2) is 30.1 Å². The number of fused-ring (bicyclic) bond motifs is 1. The fourth-order valence-corrected chi connectivity index (χ4v) is 4.48. The molecule has 2 heterocycles. The van der Waals surface area contributed by atoms with E-state index in [4.69, 9.17) is 0 Å². The van der Waals surface area contributed by atoms with Crippen molar-refractivity contribution in [3.8, 4) is 0 Å². The molecule has 36 heavy (non-hydrogen) atoms. The maximum atomic E-state index is 13.0. The fraction of sp³-hybridized carbons (Fsp3) is 0.241. The Kier molecular flexibility index (Phi) is 7.28. The van der Waals surface area contributed by atoms with Gasteiger partial charge >= 0.3 is 0 Å². The van der Waals surface area contributed by atoms with Crippen molar-refractivity contribution in [1.82, 2.24) is 30.1 Å². The maximum Gasteiger partial charge on any atom is 0.252 e. The molecule has 1 N–H and O–H groups in total. The SMILES string of the molecule is CCc1ccc2[nH]c(=O)c(CN(Cc3ccccc3)Cc3nnnn3CCc3ccccc3)cc2c1. The topological polar surface area (TPSA) is 79.7 Å². The van der Waals surface area contributed by atoms with E-state index in [1.807, 2.05) is 53.2 Å². The van der Waals surface area contributed by atoms with Crippen molar-refractivity contribution in [2.24, 2.45) is 0 Å². The summed E-state index contributed by atoms with van der Waals surface area (Å²) in [5.41, 5.74) is 5.20. The van der Waals surface area contributed by atoms with E-state index in [2.05, 4.69) is 68.7 Å². The van der Waals surface area contributed by atoms with Crippen LogP contribution in [0.1, 0.15) is 35.0 Å². The summed E-state index contributed by atoms with van der Waals surface area (Å²) in [5, 5.41) is 13.6. The average molecular weight is 479 g/mol. The van der Waals surface area contributed by atoms with Crippen molar-refractivity contribution in [2.75, 3.05) is 0 Å². The lowest BCUT2D eigenvalue weighted by Gasteiger charge is -2.22. The summed E-state index contributed by atoms with van der Waals surface area (Å²) in [6.07, 6.45) is 1.80. The molecule has 0 fully saturated rings. The number of H-pyrrole nitrogens is 1. The number of nitrogens with zero attached hydrogens (tertiary/aromatic N) is 5. The lowest BCUT2D eigenvalue weighted by atomic mass is 10.1. The molecule has 0 aliphatic carbocycles. The molecule has 0 aliphatic heterocycles. The Hall–Kier alpha value is -4.10. The number of benzene rings is 3. The van der Waals surface area contributed by atoms with Gasteiger partial charge in [-0.05, 0) is 63.5 Å². The molecule has 3 aromatic carbocycles. The quantitative estimate of drug-likeness (QED) is 0.319. The van der Waals surface area contributed by atoms with Crippen LogP contribution in [-0.2, 0) is 39.0 Å². The van der Waals surface area contributed by atoms with Crippen LogP contribution < -0.4 is 5.56 Å². The standard InChI is InChI=1S/C29H30N6O/c1-2-22-13-14-27-25(17-22)18-26(29(36)30-27)20-34(19-24-11-7-4-8-12-24)21-28-31-32-33-35(28)16-15-23-9-5-3-6-10-23/h3-14,17-18H,2,15-16,19-21H2,1H3,(H,30,36). The number of aromatic nitrogens is 5. The van der Waals surface area contributed by atoms with Gasteiger partial charge in [-0.1, -0.05) is 73.7 Å². The molecule has 5 rings (SSSR count). The minimum absolute atomic E-state index is 0.0616. The largest absolute Gasteiger partial charge is 0.322 e. The fourth-order valence-electron chi connectivity index (χ4n) is 4.48. The first kappa shape index (κ1) is 23.6. The summed E-state index contributed by atoms with van der Waals surface area (Å²) in [5.74, 6) is 0.785. The van der Waals surface area contributed by atoms with Crippen molar-refractivity contribution in [3.05, 3.63) is 123 Å². The van der Waals surface area contributed by atoms with E-state index in [1.165, 1.54) is 16.7 Å². The molecular formula is C29H30N6O. The van der Waals surface area contributed by atoms with E-state index in [0.29, 0.717) is 26.2 Å². The van der Waals surface area contributed by atoms with Gasteiger partial charge in [0.2, 0.25) is 0 Å². The first-order chi connectivity index (χ1) is 17.7. The molecule has 0 bridgehead atoms. The summed E-state index contributed by atoms with van der Waals surface area (Å²) in [6, 6.07) is 28.8. The summed E-state index contributed by atoms with van der Waals surface area (Å²) in [7, 11) is 0. The monoisotopic (exact) mass is 478 g/mol. The van der Waals surface area contributed by atoms with Crippen molar-refractivity contribution >= 4 is 10.9 Å². The normalized spacial score (nSPS) is 11.4. The number of nitrogens with one attached hydrogen (secondary N) is 1. The van der Waals surface area contributed by atoms with Crippen LogP contribution >= 0.6 is 0 Å². The molecule has 0 saturated heterocycles. The van der Waals surface area contributed by atoms with Crippen molar-refractivity contribution < 1.29 is 0 Å². The second-order valence-corrected chi connectivity index (χ2v) is 9.08. The van der Waals surface area contributed by atoms with E-state index in [9.17, 15) is 4.79 Å². The highest BCUT2D eigenvalue weighted by Crippen LogP contribution is 2.17. The molecule has 0 unspecified atom stereocenters. The van der Waals surface area contributed by atoms with Crippen LogP contribution in [0.2, 0.25) is 0 Å². The summed E-state index contributed by atoms with van der Waals surface area (Å²) in [6.45, 7) is 4.53. The highest BCUT2D eigenvalue weighted by molar-refractivity contribution is 5.79. The number of hydrogen-bond acceptors (Lipinski definition) is 5. The van der Waals surface area contributed by atoms with Gasteiger partial charge in [0.05, 0.1) is 6.54 Å². The van der Waals surface area contributed by atoms with Crippen LogP contribution in [0.3, 0.4) is 0 Å². The van der Waals surface area contributed by atoms with Crippen LogP contribution in [0.5, 0.6) is 0 Å². The van der Waals surface area contributed by atoms with Gasteiger partial charge in [0.25, 0.3) is 5.56 Å². The van der Waals surface area contributed by atoms with Gasteiger partial charge in [0.15, 0.2) is 5.82 Å². The molecule has 0 amide bonds. The van der Waals surface area contributed by atoms with Gasteiger partial charge in [-0.2, -0.15) is 0 Å². The molecule has 7 heteroatoms. The highest BCUT2D eigenvalue weighted by atomic mass is 16.1. The Labute approximate surface area is 210 Å². The first-order valence-electron chi connectivity index (χ1n) is 12.4. The zero-order chi connectivity index (χ0) is 24.7. The highest BCUT2D eigenvalue weighted by Gasteiger charge is 2.16. The molecule has 0 spiro atoms. The molecule has 5 aromatic rings. The third-order valence-corrected chi connectivity index (χ3v) is 6.46. The van der Waals surface area contributed by atoms with Crippen LogP contribution in [0.25, 0.3) is 10.9 Å². The van der Waals surface area contributed by atoms with Crippen LogP contribution in [0.4, 0.5) is 0 Å². The molecule has 0 radical (unpaired) electrons. The molecular weight excluding hydrogens is 448 g/mol. The molecule has 2 aromatic heterocycles. The van der Waals surface area contributed by atoms with Gasteiger partial charge in [-0.25, -0.2) is 4.68 Å². The van der Waals surface area contributed by atoms with E-state index in [0.717, 1.165) is 35.1 Å². The number of pyridine rings is 1. The van der Waals surface area contributed by atoms with E-state index in [-0.39, 0.29) is 5.56 Å². The van der Waals surface area contributed by atoms with Gasteiger partial charge in [0.1, 0.15) is 0 Å². The Morgan fingerprint density at radius 3 is 2.33 bits per heavy atom. The summed E-state index contributed by atoms with van der Waals surface area (Å²) >= 11 is 0. The van der Waals surface area contributed by atoms with Crippen molar-refractivity contribution in [3.63, 3.8) is 0 Å². The van der Waals surface area contributed by atoms with Crippen molar-refractivity contribution in [1.29, 1.82) is 0 Å². The predicted octanol–water partition coefficient (Wildman–Crippen LogP) is 4.52. The Morgan fingerprint density at radius 2 is 1.58 bits per heavy atom. The Morgan fingerprint density at radius 1 is 0.833 bits per heavy atom. The third-order valence-electron chi connectivity index (χ3n) is 6.46. The second kappa shape index (κ2) is 11.1. The molecule has 0 aliphatic rings. The summed E-state index contributed by atoms with van der Waals surface area (Å²) < 4.78 is 1.86. The predicted molar refractivity (Wildman–Crippen MR) is 141 cm³/mol. The molecule has 0 atom stereocenters. The number of rotatable bonds is 10. The van der Waals surface area contributed by atoms with Crippen molar-refractivity contribution in [2.45, 2.75) is 45.9 Å². The third kappa shape index (κ3) is 5.75. The summed E-state index contributed by atoms with van der Waals surface area (Å²) in [4.78, 5) is 18.3. The van der Waals surface area contributed by atoms with Gasteiger partial charge in [-0.3, -0.25) is 9.69 Å². The number of tetrazole rings is 1. The van der Waals surface area contributed by atoms with E-state index < -0.39 is 0 Å². The van der Waals surface area contributed by atoms with E-state index >= 15 is 0 Å². The maximum absolute atomic E-state index is 13.0. The van der Waals surface area contributed by atoms with Gasteiger partial charge in [0, 0.05) is 30.7 Å². The second-order valence-electron chi connectivity index (χ2n) is 9.08. The number of aryl methyl sites for hydroxylation is 3. The van der Waals surface area contributed by atoms with Crippen LogP contribution in [0.15, 0.2) is 89.7 Å². The minimum atomic E-state index is -0.0616. The molecule has 0 saturated carbocycles. The zero-order valence-corrected chi connectivity index (χ0v) is 20.5. The van der Waals surface area contributed by atoms with Crippen LogP contribution in [0, 0.1) is 0 Å². The zero-order valence-electron chi connectivity index (χ0n) is 20.5. The number of hydrogen-bond donors (Lipinski definition) is 1. The van der Waals surface area contributed by atoms with E-state index in [1.54, 1.807) is 0 Å². The number of aromatic amines is 1. The smallest absolute Gasteiger partial charge is 0.252 e. The Bertz CT molecular complexity index is 1480. The lowest BCUT2D eigenvalue weighted by molar-refractivity contribution is 0.235. The average Bonchev–Trinajstić information content (AvgIpc) is 3.35. The lowest BCUT2D eigenvalue weighted by Crippen LogP contribution is -2.28. The first-order valence-corrected chi connectivity index (χ1v) is 12.4. The van der Waals surface area contributed by atoms with Gasteiger partial charge < -0.3 is 4.98 Å². The molecule has 182 valence electrons. The minimum Gasteiger partial charge on any atom is -0.322 e.